The summed E-state index contributed by atoms with van der Waals surface area (Å²) in [5.41, 5.74) is 2.39. The number of nitrogens with zero attached hydrogens (tertiary/aromatic N) is 3. The predicted octanol–water partition coefficient (Wildman–Crippen LogP) is 4.28. The number of rotatable bonds is 6. The molecular weight excluding hydrogens is 386 g/mol. The topological polar surface area (TPSA) is 48.5 Å². The van der Waals surface area contributed by atoms with Crippen molar-refractivity contribution >= 4 is 11.7 Å². The maximum absolute atomic E-state index is 13.5. The molecule has 5 nitrogen and oxygen atoms in total. The summed E-state index contributed by atoms with van der Waals surface area (Å²) in [5, 5.41) is 2.95. The molecule has 0 unspecified atom stereocenters. The monoisotopic (exact) mass is 408 g/mol. The Labute approximate surface area is 174 Å². The summed E-state index contributed by atoms with van der Waals surface area (Å²) in [6, 6.07) is 16.9. The zero-order valence-corrected chi connectivity index (χ0v) is 16.3. The number of aromatic nitrogens is 1. The van der Waals surface area contributed by atoms with Crippen molar-refractivity contribution in [2.75, 3.05) is 18.4 Å². The lowest BCUT2D eigenvalue weighted by Crippen LogP contribution is -2.60. The number of hydrogen-bond donors (Lipinski definition) is 1. The summed E-state index contributed by atoms with van der Waals surface area (Å²) in [7, 11) is 0. The van der Waals surface area contributed by atoms with Gasteiger partial charge in [-0.2, -0.15) is 0 Å². The van der Waals surface area contributed by atoms with Gasteiger partial charge in [-0.3, -0.25) is 9.88 Å². The highest BCUT2D eigenvalue weighted by molar-refractivity contribution is 5.89. The SMILES string of the molecule is O=C(Nc1ccccc1)N(Cc1cccnc1)C1CN(Cc2ccc(F)c(F)c2)C1. The highest BCUT2D eigenvalue weighted by Crippen LogP contribution is 2.22. The summed E-state index contributed by atoms with van der Waals surface area (Å²) in [6.45, 7) is 2.26. The van der Waals surface area contributed by atoms with Gasteiger partial charge in [0.05, 0.1) is 6.04 Å². The zero-order valence-electron chi connectivity index (χ0n) is 16.3. The molecule has 0 saturated carbocycles. The molecule has 1 fully saturated rings. The van der Waals surface area contributed by atoms with E-state index in [1.807, 2.05) is 42.5 Å². The lowest BCUT2D eigenvalue weighted by molar-refractivity contribution is 0.0482. The average molecular weight is 408 g/mol. The van der Waals surface area contributed by atoms with Crippen LogP contribution in [0, 0.1) is 11.6 Å². The lowest BCUT2D eigenvalue weighted by atomic mass is 10.0. The number of carbonyl (C=O) groups excluding carboxylic acids is 1. The molecule has 3 aromatic rings. The Balaban J connectivity index is 1.42. The average Bonchev–Trinajstić information content (AvgIpc) is 2.73. The third-order valence-electron chi connectivity index (χ3n) is 5.13. The van der Waals surface area contributed by atoms with Crippen molar-refractivity contribution < 1.29 is 13.6 Å². The molecule has 2 aromatic carbocycles. The number of carbonyl (C=O) groups is 1. The van der Waals surface area contributed by atoms with E-state index in [1.54, 1.807) is 23.4 Å². The van der Waals surface area contributed by atoms with Crippen LogP contribution in [0.3, 0.4) is 0 Å². The standard InChI is InChI=1S/C23H22F2N4O/c24-21-9-8-17(11-22(21)25)13-28-15-20(16-28)29(14-18-5-4-10-26-12-18)23(30)27-19-6-2-1-3-7-19/h1-12,20H,13-16H2,(H,27,30). The van der Waals surface area contributed by atoms with Crippen LogP contribution in [-0.2, 0) is 13.1 Å². The van der Waals surface area contributed by atoms with Crippen LogP contribution < -0.4 is 5.32 Å². The zero-order chi connectivity index (χ0) is 20.9. The van der Waals surface area contributed by atoms with Crippen LogP contribution in [0.2, 0.25) is 0 Å². The molecule has 1 aliphatic rings. The summed E-state index contributed by atoms with van der Waals surface area (Å²) in [5.74, 6) is -1.69. The van der Waals surface area contributed by atoms with Crippen molar-refractivity contribution in [2.45, 2.75) is 19.1 Å². The number of halogens is 2. The number of benzene rings is 2. The Morgan fingerprint density at radius 2 is 1.83 bits per heavy atom. The molecule has 1 saturated heterocycles. The van der Waals surface area contributed by atoms with E-state index in [0.717, 1.165) is 17.3 Å². The quantitative estimate of drug-likeness (QED) is 0.662. The molecule has 1 aliphatic heterocycles. The molecule has 2 heterocycles. The number of para-hydroxylation sites is 1. The second-order valence-electron chi connectivity index (χ2n) is 7.38. The van der Waals surface area contributed by atoms with Gasteiger partial charge < -0.3 is 10.2 Å². The Morgan fingerprint density at radius 3 is 2.53 bits per heavy atom. The van der Waals surface area contributed by atoms with E-state index in [4.69, 9.17) is 0 Å². The molecule has 1 N–H and O–H groups in total. The Bertz CT molecular complexity index is 995. The number of urea groups is 1. The van der Waals surface area contributed by atoms with E-state index in [2.05, 4.69) is 15.2 Å². The molecule has 1 aromatic heterocycles. The third-order valence-corrected chi connectivity index (χ3v) is 5.13. The number of hydrogen-bond acceptors (Lipinski definition) is 3. The minimum absolute atomic E-state index is 0.0132. The molecule has 4 rings (SSSR count). The van der Waals surface area contributed by atoms with E-state index in [0.29, 0.717) is 31.7 Å². The van der Waals surface area contributed by atoms with Gasteiger partial charge in [0.15, 0.2) is 11.6 Å². The van der Waals surface area contributed by atoms with Crippen LogP contribution in [0.5, 0.6) is 0 Å². The van der Waals surface area contributed by atoms with Crippen LogP contribution in [0.4, 0.5) is 19.3 Å². The molecular formula is C23H22F2N4O. The summed E-state index contributed by atoms with van der Waals surface area (Å²) < 4.78 is 26.6. The third kappa shape index (κ3) is 4.80. The second-order valence-corrected chi connectivity index (χ2v) is 7.38. The van der Waals surface area contributed by atoms with Crippen molar-refractivity contribution in [1.82, 2.24) is 14.8 Å². The lowest BCUT2D eigenvalue weighted by Gasteiger charge is -2.45. The summed E-state index contributed by atoms with van der Waals surface area (Å²) in [4.78, 5) is 21.0. The van der Waals surface area contributed by atoms with Gasteiger partial charge in [0.1, 0.15) is 0 Å². The van der Waals surface area contributed by atoms with Crippen LogP contribution >= 0.6 is 0 Å². The Hall–Kier alpha value is -3.32. The fraction of sp³-hybridized carbons (Fsp3) is 0.217. The smallest absolute Gasteiger partial charge is 0.315 e. The second kappa shape index (κ2) is 9.00. The van der Waals surface area contributed by atoms with Gasteiger partial charge in [0.2, 0.25) is 0 Å². The van der Waals surface area contributed by atoms with E-state index < -0.39 is 11.6 Å². The Kier molecular flexibility index (Phi) is 5.99. The van der Waals surface area contributed by atoms with E-state index in [9.17, 15) is 13.6 Å². The molecule has 2 amide bonds. The molecule has 0 aliphatic carbocycles. The molecule has 7 heteroatoms. The van der Waals surface area contributed by atoms with E-state index >= 15 is 0 Å². The van der Waals surface area contributed by atoms with Crippen molar-refractivity contribution in [3.63, 3.8) is 0 Å². The predicted molar refractivity (Wildman–Crippen MR) is 111 cm³/mol. The number of pyridine rings is 1. The first-order valence-electron chi connectivity index (χ1n) is 9.76. The molecule has 0 spiro atoms. The minimum atomic E-state index is -0.847. The number of anilines is 1. The van der Waals surface area contributed by atoms with Crippen molar-refractivity contribution in [3.05, 3.63) is 95.8 Å². The van der Waals surface area contributed by atoms with E-state index in [1.165, 1.54) is 6.07 Å². The van der Waals surface area contributed by atoms with Crippen LogP contribution in [0.25, 0.3) is 0 Å². The largest absolute Gasteiger partial charge is 0.322 e. The number of likely N-dealkylation sites (tertiary alicyclic amines) is 1. The maximum atomic E-state index is 13.5. The number of amides is 2. The van der Waals surface area contributed by atoms with Gasteiger partial charge in [-0.1, -0.05) is 30.3 Å². The van der Waals surface area contributed by atoms with Gasteiger partial charge in [-0.25, -0.2) is 13.6 Å². The van der Waals surface area contributed by atoms with Gasteiger partial charge in [0, 0.05) is 44.3 Å². The normalized spacial score (nSPS) is 14.2. The summed E-state index contributed by atoms with van der Waals surface area (Å²) >= 11 is 0. The first-order chi connectivity index (χ1) is 14.6. The first kappa shape index (κ1) is 20.0. The maximum Gasteiger partial charge on any atom is 0.322 e. The van der Waals surface area contributed by atoms with Crippen molar-refractivity contribution in [1.29, 1.82) is 0 Å². The first-order valence-corrected chi connectivity index (χ1v) is 9.76. The van der Waals surface area contributed by atoms with Gasteiger partial charge in [-0.15, -0.1) is 0 Å². The van der Waals surface area contributed by atoms with Gasteiger partial charge in [-0.05, 0) is 41.5 Å². The van der Waals surface area contributed by atoms with Crippen molar-refractivity contribution in [2.24, 2.45) is 0 Å². The highest BCUT2D eigenvalue weighted by Gasteiger charge is 2.34. The molecule has 0 bridgehead atoms. The molecule has 0 radical (unpaired) electrons. The minimum Gasteiger partial charge on any atom is -0.315 e. The summed E-state index contributed by atoms with van der Waals surface area (Å²) in [6.07, 6.45) is 3.45. The fourth-order valence-corrected chi connectivity index (χ4v) is 3.54. The van der Waals surface area contributed by atoms with Crippen LogP contribution in [-0.4, -0.2) is 39.9 Å². The number of nitrogens with one attached hydrogen (secondary N) is 1. The fourth-order valence-electron chi connectivity index (χ4n) is 3.54. The Morgan fingerprint density at radius 1 is 1.03 bits per heavy atom. The molecule has 30 heavy (non-hydrogen) atoms. The van der Waals surface area contributed by atoms with Crippen LogP contribution in [0.1, 0.15) is 11.1 Å². The van der Waals surface area contributed by atoms with Crippen LogP contribution in [0.15, 0.2) is 73.1 Å². The van der Waals surface area contributed by atoms with Crippen molar-refractivity contribution in [3.8, 4) is 0 Å². The highest BCUT2D eigenvalue weighted by atomic mass is 19.2. The molecule has 0 atom stereocenters. The molecule has 154 valence electrons. The van der Waals surface area contributed by atoms with Gasteiger partial charge in [0.25, 0.3) is 0 Å². The van der Waals surface area contributed by atoms with E-state index in [-0.39, 0.29) is 12.1 Å². The van der Waals surface area contributed by atoms with Gasteiger partial charge >= 0.3 is 6.03 Å².